The van der Waals surface area contributed by atoms with E-state index in [2.05, 4.69) is 37.2 Å². The van der Waals surface area contributed by atoms with Crippen LogP contribution in [-0.4, -0.2) is 17.1 Å². The molecule has 8 heteroatoms. The number of hydrogen-bond donors (Lipinski definition) is 1. The Kier molecular flexibility index (Phi) is 7.88. The Morgan fingerprint density at radius 3 is 2.18 bits per heavy atom. The van der Waals surface area contributed by atoms with Crippen molar-refractivity contribution >= 4 is 61.1 Å². The van der Waals surface area contributed by atoms with Crippen LogP contribution in [0.2, 0.25) is 0 Å². The van der Waals surface area contributed by atoms with E-state index in [1.165, 1.54) is 16.7 Å². The van der Waals surface area contributed by atoms with Crippen LogP contribution >= 0.6 is 43.6 Å². The zero-order valence-corrected chi connectivity index (χ0v) is 21.9. The average Bonchev–Trinajstić information content (AvgIpc) is 3.16. The zero-order chi connectivity index (χ0) is 24.1. The summed E-state index contributed by atoms with van der Waals surface area (Å²) in [5.74, 6) is -0.665. The van der Waals surface area contributed by atoms with Gasteiger partial charge < -0.3 is 5.32 Å². The summed E-state index contributed by atoms with van der Waals surface area (Å²) in [5, 5.41) is 12.6. The molecule has 1 atom stereocenters. The molecular formula is C26H19Br2N3O2S. The van der Waals surface area contributed by atoms with Crippen LogP contribution in [0, 0.1) is 11.3 Å². The molecule has 1 aliphatic rings. The number of nitriles is 1. The normalized spacial score (nSPS) is 16.8. The highest BCUT2D eigenvalue weighted by atomic mass is 79.9. The predicted octanol–water partition coefficient (Wildman–Crippen LogP) is 5.95. The second-order valence-electron chi connectivity index (χ2n) is 7.55. The van der Waals surface area contributed by atoms with Crippen LogP contribution in [0.5, 0.6) is 0 Å². The van der Waals surface area contributed by atoms with Gasteiger partial charge in [-0.2, -0.15) is 5.26 Å². The van der Waals surface area contributed by atoms with Crippen molar-refractivity contribution in [3.63, 3.8) is 0 Å². The molecule has 170 valence electrons. The lowest BCUT2D eigenvalue weighted by atomic mass is 10.1. The third-order valence-electron chi connectivity index (χ3n) is 5.22. The van der Waals surface area contributed by atoms with E-state index >= 15 is 0 Å². The van der Waals surface area contributed by atoms with Gasteiger partial charge in [-0.05, 0) is 53.9 Å². The summed E-state index contributed by atoms with van der Waals surface area (Å²) in [6.07, 6.45) is 0.484. The molecule has 1 fully saturated rings. The molecule has 1 saturated heterocycles. The molecule has 0 saturated carbocycles. The van der Waals surface area contributed by atoms with Crippen LogP contribution in [0.25, 0.3) is 0 Å². The van der Waals surface area contributed by atoms with Crippen molar-refractivity contribution in [1.82, 2.24) is 5.32 Å². The molecule has 1 N–H and O–H groups in total. The zero-order valence-electron chi connectivity index (χ0n) is 17.9. The molecule has 2 amide bonds. The Balaban J connectivity index is 1.66. The van der Waals surface area contributed by atoms with Crippen molar-refractivity contribution in [3.05, 3.63) is 110 Å². The number of hydrogen-bond acceptors (Lipinski definition) is 4. The van der Waals surface area contributed by atoms with Gasteiger partial charge in [0.25, 0.3) is 5.91 Å². The highest BCUT2D eigenvalue weighted by molar-refractivity contribution is 9.10. The minimum Gasteiger partial charge on any atom is -0.347 e. The maximum Gasteiger partial charge on any atom is 0.264 e. The summed E-state index contributed by atoms with van der Waals surface area (Å²) < 4.78 is 1.83. The molecule has 1 aliphatic heterocycles. The first kappa shape index (κ1) is 24.3. The van der Waals surface area contributed by atoms with E-state index in [4.69, 9.17) is 0 Å². The molecule has 0 radical (unpaired) electrons. The summed E-state index contributed by atoms with van der Waals surface area (Å²) >= 11 is 8.10. The van der Waals surface area contributed by atoms with Gasteiger partial charge in [0, 0.05) is 21.2 Å². The molecule has 1 heterocycles. The third-order valence-corrected chi connectivity index (χ3v) is 7.54. The van der Waals surface area contributed by atoms with Gasteiger partial charge >= 0.3 is 0 Å². The lowest BCUT2D eigenvalue weighted by Gasteiger charge is -2.19. The van der Waals surface area contributed by atoms with E-state index in [1.54, 1.807) is 12.1 Å². The fourth-order valence-corrected chi connectivity index (χ4v) is 5.35. The van der Waals surface area contributed by atoms with Gasteiger partial charge in [-0.25, -0.2) is 0 Å². The standard InChI is InChI=1S/C26H19Br2N3O2S/c27-19-8-6-17(7-9-19)14-23-25(33)31(21-12-10-20(28)11-13-21)26(34-23)22(15-29)24(32)30-16-18-4-2-1-3-5-18/h1-13,23H,14,16H2,(H,30,32). The summed E-state index contributed by atoms with van der Waals surface area (Å²) in [4.78, 5) is 28.0. The fraction of sp³-hybridized carbons (Fsp3) is 0.115. The van der Waals surface area contributed by atoms with Gasteiger partial charge in [-0.3, -0.25) is 14.5 Å². The van der Waals surface area contributed by atoms with E-state index in [0.29, 0.717) is 17.1 Å². The first-order chi connectivity index (χ1) is 16.5. The molecule has 4 rings (SSSR count). The average molecular weight is 597 g/mol. The van der Waals surface area contributed by atoms with Crippen molar-refractivity contribution < 1.29 is 9.59 Å². The smallest absolute Gasteiger partial charge is 0.264 e. The molecule has 0 spiro atoms. The molecule has 3 aromatic carbocycles. The summed E-state index contributed by atoms with van der Waals surface area (Å²) in [5.41, 5.74) is 2.46. The molecule has 1 unspecified atom stereocenters. The Hall–Kier alpha value is -2.86. The predicted molar refractivity (Wildman–Crippen MR) is 142 cm³/mol. The Morgan fingerprint density at radius 1 is 0.941 bits per heavy atom. The van der Waals surface area contributed by atoms with Crippen LogP contribution in [0.1, 0.15) is 11.1 Å². The molecule has 3 aromatic rings. The quantitative estimate of drug-likeness (QED) is 0.282. The molecular weight excluding hydrogens is 578 g/mol. The number of nitrogens with one attached hydrogen (secondary N) is 1. The highest BCUT2D eigenvalue weighted by Gasteiger charge is 2.40. The van der Waals surface area contributed by atoms with Gasteiger partial charge in [-0.15, -0.1) is 0 Å². The number of carbonyl (C=O) groups is 2. The van der Waals surface area contributed by atoms with Crippen molar-refractivity contribution in [1.29, 1.82) is 5.26 Å². The highest BCUT2D eigenvalue weighted by Crippen LogP contribution is 2.42. The van der Waals surface area contributed by atoms with Crippen LogP contribution in [-0.2, 0) is 22.6 Å². The first-order valence-corrected chi connectivity index (χ1v) is 12.9. The van der Waals surface area contributed by atoms with Crippen molar-refractivity contribution in [2.45, 2.75) is 18.2 Å². The number of amides is 2. The van der Waals surface area contributed by atoms with Crippen LogP contribution in [0.3, 0.4) is 0 Å². The lowest BCUT2D eigenvalue weighted by molar-refractivity contribution is -0.117. The second kappa shape index (κ2) is 11.0. The number of halogens is 2. The van der Waals surface area contributed by atoms with Gasteiger partial charge in [0.05, 0.1) is 5.25 Å². The van der Waals surface area contributed by atoms with Crippen LogP contribution < -0.4 is 10.2 Å². The van der Waals surface area contributed by atoms with Gasteiger partial charge in [-0.1, -0.05) is 86.1 Å². The SMILES string of the molecule is N#CC(C(=O)NCc1ccccc1)=C1SC(Cc2ccc(Br)cc2)C(=O)N1c1ccc(Br)cc1. The number of benzene rings is 3. The monoisotopic (exact) mass is 595 g/mol. The molecule has 5 nitrogen and oxygen atoms in total. The molecule has 0 aromatic heterocycles. The van der Waals surface area contributed by atoms with Crippen molar-refractivity contribution in [2.24, 2.45) is 0 Å². The van der Waals surface area contributed by atoms with Gasteiger partial charge in [0.15, 0.2) is 0 Å². The maximum absolute atomic E-state index is 13.5. The minimum absolute atomic E-state index is 0.0736. The summed E-state index contributed by atoms with van der Waals surface area (Å²) in [6.45, 7) is 0.289. The third kappa shape index (κ3) is 5.61. The Labute approximate surface area is 219 Å². The van der Waals surface area contributed by atoms with E-state index in [1.807, 2.05) is 72.8 Å². The number of nitrogens with zero attached hydrogens (tertiary/aromatic N) is 2. The van der Waals surface area contributed by atoms with E-state index < -0.39 is 11.2 Å². The largest absolute Gasteiger partial charge is 0.347 e. The van der Waals surface area contributed by atoms with Crippen molar-refractivity contribution in [3.8, 4) is 6.07 Å². The minimum atomic E-state index is -0.506. The Bertz CT molecular complexity index is 1270. The summed E-state index contributed by atoms with van der Waals surface area (Å²) in [7, 11) is 0. The number of thioether (sulfide) groups is 1. The topological polar surface area (TPSA) is 73.2 Å². The van der Waals surface area contributed by atoms with Gasteiger partial charge in [0.2, 0.25) is 5.91 Å². The van der Waals surface area contributed by atoms with E-state index in [0.717, 1.165) is 20.1 Å². The molecule has 0 bridgehead atoms. The summed E-state index contributed by atoms with van der Waals surface area (Å²) in [6, 6.07) is 26.5. The fourth-order valence-electron chi connectivity index (χ4n) is 3.51. The van der Waals surface area contributed by atoms with Gasteiger partial charge in [0.1, 0.15) is 16.7 Å². The maximum atomic E-state index is 13.5. The number of anilines is 1. The number of carbonyl (C=O) groups excluding carboxylic acids is 2. The second-order valence-corrected chi connectivity index (χ2v) is 10.6. The molecule has 34 heavy (non-hydrogen) atoms. The van der Waals surface area contributed by atoms with Crippen LogP contribution in [0.15, 0.2) is 98.4 Å². The number of rotatable bonds is 6. The Morgan fingerprint density at radius 2 is 1.56 bits per heavy atom. The van der Waals surface area contributed by atoms with E-state index in [9.17, 15) is 14.9 Å². The molecule has 0 aliphatic carbocycles. The van der Waals surface area contributed by atoms with Crippen LogP contribution in [0.4, 0.5) is 5.69 Å². The van der Waals surface area contributed by atoms with Crippen molar-refractivity contribution in [2.75, 3.05) is 4.90 Å². The first-order valence-electron chi connectivity index (χ1n) is 10.4. The van der Waals surface area contributed by atoms with E-state index in [-0.39, 0.29) is 18.0 Å². The lowest BCUT2D eigenvalue weighted by Crippen LogP contribution is -2.32.